The fourth-order valence-corrected chi connectivity index (χ4v) is 3.16. The molecule has 1 heterocycles. The van der Waals surface area contributed by atoms with Crippen LogP contribution in [0.1, 0.15) is 5.56 Å². The monoisotopic (exact) mass is 346 g/mol. The van der Waals surface area contributed by atoms with Crippen molar-refractivity contribution >= 4 is 17.3 Å². The Balaban J connectivity index is 1.51. The summed E-state index contributed by atoms with van der Waals surface area (Å²) in [6, 6.07) is 11.7. The maximum atomic E-state index is 13.2. The van der Waals surface area contributed by atoms with E-state index in [1.54, 1.807) is 0 Å². The molecule has 4 nitrogen and oxygen atoms in total. The molecule has 2 aromatic carbocycles. The number of piperazine rings is 1. The molecular formula is C19H22F2N3O+. The second-order valence-corrected chi connectivity index (χ2v) is 6.38. The van der Waals surface area contributed by atoms with E-state index in [0.29, 0.717) is 6.54 Å². The minimum Gasteiger partial charge on any atom is -0.360 e. The summed E-state index contributed by atoms with van der Waals surface area (Å²) in [5, 5.41) is 2.63. The molecule has 1 amide bonds. The lowest BCUT2D eigenvalue weighted by atomic mass is 10.1. The van der Waals surface area contributed by atoms with Crippen LogP contribution in [0.5, 0.6) is 0 Å². The zero-order valence-corrected chi connectivity index (χ0v) is 14.2. The molecule has 2 aromatic rings. The molecule has 2 N–H and O–H groups in total. The summed E-state index contributed by atoms with van der Waals surface area (Å²) < 4.78 is 26.1. The number of carbonyl (C=O) groups is 1. The van der Waals surface area contributed by atoms with Gasteiger partial charge in [0, 0.05) is 17.4 Å². The second-order valence-electron chi connectivity index (χ2n) is 6.38. The number of hydrogen-bond donors (Lipinski definition) is 2. The molecule has 1 aliphatic heterocycles. The van der Waals surface area contributed by atoms with Crippen molar-refractivity contribution in [2.75, 3.05) is 42.9 Å². The first-order valence-corrected chi connectivity index (χ1v) is 8.42. The highest BCUT2D eigenvalue weighted by atomic mass is 19.2. The van der Waals surface area contributed by atoms with Gasteiger partial charge in [0.1, 0.15) is 0 Å². The molecule has 1 saturated heterocycles. The molecule has 0 bridgehead atoms. The van der Waals surface area contributed by atoms with Crippen molar-refractivity contribution in [1.29, 1.82) is 0 Å². The number of nitrogens with one attached hydrogen (secondary N) is 2. The van der Waals surface area contributed by atoms with Gasteiger partial charge < -0.3 is 15.1 Å². The fraction of sp³-hybridized carbons (Fsp3) is 0.316. The summed E-state index contributed by atoms with van der Waals surface area (Å²) in [6.45, 7) is 5.92. The Morgan fingerprint density at radius 2 is 1.84 bits per heavy atom. The average Bonchev–Trinajstić information content (AvgIpc) is 2.59. The third-order valence-electron chi connectivity index (χ3n) is 4.54. The Labute approximate surface area is 146 Å². The van der Waals surface area contributed by atoms with Gasteiger partial charge >= 0.3 is 0 Å². The van der Waals surface area contributed by atoms with Crippen molar-refractivity contribution in [2.24, 2.45) is 0 Å². The third kappa shape index (κ3) is 4.33. The van der Waals surface area contributed by atoms with Crippen LogP contribution in [0.3, 0.4) is 0 Å². The number of hydrogen-bond acceptors (Lipinski definition) is 2. The average molecular weight is 346 g/mol. The molecule has 0 aromatic heterocycles. The Hall–Kier alpha value is -2.47. The number of para-hydroxylation sites is 1. The van der Waals surface area contributed by atoms with Gasteiger partial charge in [0.05, 0.1) is 26.2 Å². The minimum atomic E-state index is -0.961. The number of halogens is 2. The summed E-state index contributed by atoms with van der Waals surface area (Å²) in [7, 11) is 0. The quantitative estimate of drug-likeness (QED) is 0.883. The highest BCUT2D eigenvalue weighted by Gasteiger charge is 2.23. The van der Waals surface area contributed by atoms with Crippen molar-refractivity contribution in [1.82, 2.24) is 0 Å². The molecule has 0 saturated carbocycles. The number of amides is 1. The molecule has 6 heteroatoms. The topological polar surface area (TPSA) is 36.8 Å². The van der Waals surface area contributed by atoms with Crippen LogP contribution < -0.4 is 15.1 Å². The molecule has 1 fully saturated rings. The molecular weight excluding hydrogens is 324 g/mol. The van der Waals surface area contributed by atoms with Crippen LogP contribution in [0.2, 0.25) is 0 Å². The Kier molecular flexibility index (Phi) is 5.28. The van der Waals surface area contributed by atoms with Gasteiger partial charge in [-0.3, -0.25) is 4.79 Å². The minimum absolute atomic E-state index is 0.189. The van der Waals surface area contributed by atoms with E-state index in [1.807, 2.05) is 12.1 Å². The first-order valence-electron chi connectivity index (χ1n) is 8.42. The van der Waals surface area contributed by atoms with Crippen molar-refractivity contribution < 1.29 is 18.5 Å². The molecule has 25 heavy (non-hydrogen) atoms. The van der Waals surface area contributed by atoms with Gasteiger partial charge in [-0.1, -0.05) is 18.2 Å². The van der Waals surface area contributed by atoms with Gasteiger partial charge in [-0.2, -0.15) is 0 Å². The van der Waals surface area contributed by atoms with E-state index in [0.717, 1.165) is 38.3 Å². The van der Waals surface area contributed by atoms with Crippen molar-refractivity contribution in [2.45, 2.75) is 6.92 Å². The smallest absolute Gasteiger partial charge is 0.279 e. The molecule has 1 aliphatic rings. The van der Waals surface area contributed by atoms with E-state index in [-0.39, 0.29) is 11.6 Å². The summed E-state index contributed by atoms with van der Waals surface area (Å²) in [6.07, 6.45) is 0. The predicted molar refractivity (Wildman–Crippen MR) is 93.9 cm³/mol. The number of nitrogens with zero attached hydrogens (tertiary/aromatic N) is 1. The molecule has 0 radical (unpaired) electrons. The zero-order chi connectivity index (χ0) is 17.8. The fourth-order valence-electron chi connectivity index (χ4n) is 3.16. The molecule has 3 rings (SSSR count). The summed E-state index contributed by atoms with van der Waals surface area (Å²) >= 11 is 0. The summed E-state index contributed by atoms with van der Waals surface area (Å²) in [4.78, 5) is 15.6. The zero-order valence-electron chi connectivity index (χ0n) is 14.2. The number of carbonyl (C=O) groups excluding carboxylic acids is 1. The predicted octanol–water partition coefficient (Wildman–Crippen LogP) is 1.62. The maximum Gasteiger partial charge on any atom is 0.279 e. The van der Waals surface area contributed by atoms with Crippen LogP contribution in [0.25, 0.3) is 0 Å². The van der Waals surface area contributed by atoms with E-state index < -0.39 is 11.6 Å². The summed E-state index contributed by atoms with van der Waals surface area (Å²) in [5.74, 6) is -2.07. The van der Waals surface area contributed by atoms with Gasteiger partial charge in [-0.15, -0.1) is 0 Å². The Morgan fingerprint density at radius 3 is 2.52 bits per heavy atom. The van der Waals surface area contributed by atoms with Crippen molar-refractivity contribution in [3.8, 4) is 0 Å². The second kappa shape index (κ2) is 7.61. The van der Waals surface area contributed by atoms with Gasteiger partial charge in [0.15, 0.2) is 18.2 Å². The van der Waals surface area contributed by atoms with Crippen LogP contribution in [0.15, 0.2) is 42.5 Å². The molecule has 0 spiro atoms. The van der Waals surface area contributed by atoms with Crippen LogP contribution in [0, 0.1) is 18.6 Å². The van der Waals surface area contributed by atoms with Crippen LogP contribution in [-0.2, 0) is 4.79 Å². The van der Waals surface area contributed by atoms with E-state index in [1.165, 1.54) is 22.2 Å². The number of benzene rings is 2. The normalized spacial score (nSPS) is 15.2. The lowest BCUT2D eigenvalue weighted by molar-refractivity contribution is -0.892. The van der Waals surface area contributed by atoms with E-state index in [2.05, 4.69) is 29.3 Å². The third-order valence-corrected chi connectivity index (χ3v) is 4.54. The van der Waals surface area contributed by atoms with Crippen LogP contribution in [-0.4, -0.2) is 38.6 Å². The van der Waals surface area contributed by atoms with Gasteiger partial charge in [-0.05, 0) is 30.7 Å². The first-order chi connectivity index (χ1) is 12.0. The summed E-state index contributed by atoms with van der Waals surface area (Å²) in [5.41, 5.74) is 2.77. The van der Waals surface area contributed by atoms with Crippen molar-refractivity contribution in [3.05, 3.63) is 59.7 Å². The maximum absolute atomic E-state index is 13.2. The molecule has 0 unspecified atom stereocenters. The van der Waals surface area contributed by atoms with E-state index in [4.69, 9.17) is 0 Å². The van der Waals surface area contributed by atoms with E-state index in [9.17, 15) is 13.6 Å². The standard InChI is InChI=1S/C19H21F2N3O/c1-14-4-2-3-5-18(14)24-10-8-23(9-11-24)13-19(25)22-15-6-7-16(20)17(21)12-15/h2-7,12H,8-11,13H2,1H3,(H,22,25)/p+1. The SMILES string of the molecule is Cc1ccccc1N1CC[NH+](CC(=O)Nc2ccc(F)c(F)c2)CC1. The highest BCUT2D eigenvalue weighted by Crippen LogP contribution is 2.18. The number of anilines is 2. The first kappa shape index (κ1) is 17.4. The van der Waals surface area contributed by atoms with Crippen LogP contribution in [0.4, 0.5) is 20.2 Å². The van der Waals surface area contributed by atoms with Crippen molar-refractivity contribution in [3.63, 3.8) is 0 Å². The number of aryl methyl sites for hydroxylation is 1. The van der Waals surface area contributed by atoms with Gasteiger partial charge in [0.25, 0.3) is 5.91 Å². The molecule has 0 atom stereocenters. The number of quaternary nitrogens is 1. The van der Waals surface area contributed by atoms with E-state index >= 15 is 0 Å². The van der Waals surface area contributed by atoms with Gasteiger partial charge in [-0.25, -0.2) is 8.78 Å². The molecule has 132 valence electrons. The number of rotatable bonds is 4. The van der Waals surface area contributed by atoms with Crippen LogP contribution >= 0.6 is 0 Å². The largest absolute Gasteiger partial charge is 0.360 e. The van der Waals surface area contributed by atoms with Gasteiger partial charge in [0.2, 0.25) is 0 Å². The lowest BCUT2D eigenvalue weighted by Crippen LogP contribution is -3.15. The lowest BCUT2D eigenvalue weighted by Gasteiger charge is -2.34. The molecule has 0 aliphatic carbocycles. The Morgan fingerprint density at radius 1 is 1.12 bits per heavy atom. The Bertz CT molecular complexity index is 758. The highest BCUT2D eigenvalue weighted by molar-refractivity contribution is 5.91.